The molecule has 0 spiro atoms. The van der Waals surface area contributed by atoms with Crippen LogP contribution in [0.4, 0.5) is 0 Å². The van der Waals surface area contributed by atoms with Crippen molar-refractivity contribution in [2.45, 2.75) is 25.3 Å². The molecule has 1 heterocycles. The van der Waals surface area contributed by atoms with Crippen molar-refractivity contribution >= 4 is 18.5 Å². The van der Waals surface area contributed by atoms with E-state index in [1.54, 1.807) is 0 Å². The predicted molar refractivity (Wildman–Crippen MR) is 46.7 cm³/mol. The Morgan fingerprint density at radius 2 is 2.27 bits per heavy atom. The topological polar surface area (TPSA) is 20.3 Å². The molecular formula is C8H13NOS. The van der Waals surface area contributed by atoms with Gasteiger partial charge in [0.1, 0.15) is 0 Å². The zero-order valence-corrected chi connectivity index (χ0v) is 7.39. The van der Waals surface area contributed by atoms with Gasteiger partial charge in [0.15, 0.2) is 0 Å². The quantitative estimate of drug-likeness (QED) is 0.613. The fraction of sp³-hybridized carbons (Fsp3) is 0.875. The summed E-state index contributed by atoms with van der Waals surface area (Å²) in [5, 5.41) is 0. The summed E-state index contributed by atoms with van der Waals surface area (Å²) in [5.74, 6) is 1.73. The summed E-state index contributed by atoms with van der Waals surface area (Å²) in [6.45, 7) is 0.965. The molecule has 0 bridgehead atoms. The second-order valence-electron chi connectivity index (χ2n) is 3.53. The predicted octanol–water partition coefficient (Wildman–Crippen LogP) is 0.927. The zero-order chi connectivity index (χ0) is 7.84. The van der Waals surface area contributed by atoms with Gasteiger partial charge in [-0.25, -0.2) is 0 Å². The Hall–Kier alpha value is -0.180. The van der Waals surface area contributed by atoms with Gasteiger partial charge in [0.25, 0.3) is 0 Å². The number of thiol groups is 1. The van der Waals surface area contributed by atoms with Crippen LogP contribution in [0.1, 0.15) is 19.3 Å². The smallest absolute Gasteiger partial charge is 0.223 e. The maximum absolute atomic E-state index is 11.3. The molecule has 2 aliphatic rings. The van der Waals surface area contributed by atoms with E-state index in [9.17, 15) is 4.79 Å². The van der Waals surface area contributed by atoms with Gasteiger partial charge in [-0.1, -0.05) is 0 Å². The number of hydrogen-bond acceptors (Lipinski definition) is 2. The van der Waals surface area contributed by atoms with Crippen molar-refractivity contribution in [2.75, 3.05) is 12.3 Å². The van der Waals surface area contributed by atoms with Gasteiger partial charge in [-0.15, -0.1) is 0 Å². The van der Waals surface area contributed by atoms with Crippen LogP contribution in [0.2, 0.25) is 0 Å². The Morgan fingerprint density at radius 1 is 1.55 bits per heavy atom. The van der Waals surface area contributed by atoms with Gasteiger partial charge >= 0.3 is 0 Å². The third-order valence-electron chi connectivity index (χ3n) is 2.48. The molecule has 1 amide bonds. The van der Waals surface area contributed by atoms with Crippen molar-refractivity contribution in [1.29, 1.82) is 0 Å². The van der Waals surface area contributed by atoms with E-state index in [4.69, 9.17) is 0 Å². The van der Waals surface area contributed by atoms with Crippen LogP contribution in [-0.4, -0.2) is 29.1 Å². The number of carbonyl (C=O) groups is 1. The molecule has 1 aliphatic heterocycles. The van der Waals surface area contributed by atoms with Crippen molar-refractivity contribution in [3.05, 3.63) is 0 Å². The van der Waals surface area contributed by atoms with Crippen molar-refractivity contribution < 1.29 is 4.79 Å². The second kappa shape index (κ2) is 2.70. The summed E-state index contributed by atoms with van der Waals surface area (Å²) in [5.41, 5.74) is 0. The van der Waals surface area contributed by atoms with E-state index in [2.05, 4.69) is 12.6 Å². The standard InChI is InChI=1S/C8H13NOS/c10-8-3-6(5-11)4-9(8)7-1-2-7/h6-7,11H,1-5H2. The van der Waals surface area contributed by atoms with Crippen LogP contribution in [0.15, 0.2) is 0 Å². The Labute approximate surface area is 72.4 Å². The van der Waals surface area contributed by atoms with Crippen LogP contribution in [0.3, 0.4) is 0 Å². The molecule has 2 nitrogen and oxygen atoms in total. The number of nitrogens with zero attached hydrogens (tertiary/aromatic N) is 1. The first-order chi connectivity index (χ1) is 5.31. The lowest BCUT2D eigenvalue weighted by Crippen LogP contribution is -2.27. The number of amides is 1. The largest absolute Gasteiger partial charge is 0.339 e. The maximum atomic E-state index is 11.3. The average Bonchev–Trinajstić information content (AvgIpc) is 2.76. The number of rotatable bonds is 2. The maximum Gasteiger partial charge on any atom is 0.223 e. The van der Waals surface area contributed by atoms with E-state index in [1.165, 1.54) is 12.8 Å². The molecule has 1 unspecified atom stereocenters. The molecule has 62 valence electrons. The molecular weight excluding hydrogens is 158 g/mol. The normalized spacial score (nSPS) is 31.5. The molecule has 11 heavy (non-hydrogen) atoms. The first-order valence-corrected chi connectivity index (χ1v) is 4.85. The van der Waals surface area contributed by atoms with Crippen LogP contribution in [0, 0.1) is 5.92 Å². The lowest BCUT2D eigenvalue weighted by molar-refractivity contribution is -0.128. The van der Waals surface area contributed by atoms with Crippen LogP contribution in [0.5, 0.6) is 0 Å². The summed E-state index contributed by atoms with van der Waals surface area (Å²) < 4.78 is 0. The van der Waals surface area contributed by atoms with Crippen LogP contribution in [0.25, 0.3) is 0 Å². The van der Waals surface area contributed by atoms with Gasteiger partial charge in [0, 0.05) is 19.0 Å². The second-order valence-corrected chi connectivity index (χ2v) is 3.90. The highest BCUT2D eigenvalue weighted by atomic mass is 32.1. The minimum atomic E-state index is 0.353. The average molecular weight is 171 g/mol. The molecule has 0 radical (unpaired) electrons. The first-order valence-electron chi connectivity index (χ1n) is 4.21. The van der Waals surface area contributed by atoms with E-state index in [-0.39, 0.29) is 0 Å². The van der Waals surface area contributed by atoms with Crippen molar-refractivity contribution in [3.63, 3.8) is 0 Å². The summed E-state index contributed by atoms with van der Waals surface area (Å²) in [6, 6.07) is 0.604. The SMILES string of the molecule is O=C1CC(CS)CN1C1CC1. The van der Waals surface area contributed by atoms with Gasteiger partial charge in [-0.05, 0) is 24.5 Å². The van der Waals surface area contributed by atoms with Gasteiger partial charge in [0.05, 0.1) is 0 Å². The van der Waals surface area contributed by atoms with E-state index in [0.29, 0.717) is 17.9 Å². The van der Waals surface area contributed by atoms with Crippen molar-refractivity contribution in [1.82, 2.24) is 4.90 Å². The minimum Gasteiger partial charge on any atom is -0.339 e. The fourth-order valence-electron chi connectivity index (χ4n) is 1.67. The molecule has 2 rings (SSSR count). The Morgan fingerprint density at radius 3 is 2.73 bits per heavy atom. The van der Waals surface area contributed by atoms with Crippen LogP contribution in [-0.2, 0) is 4.79 Å². The molecule has 0 aromatic heterocycles. The van der Waals surface area contributed by atoms with Crippen molar-refractivity contribution in [2.24, 2.45) is 5.92 Å². The zero-order valence-electron chi connectivity index (χ0n) is 6.49. The van der Waals surface area contributed by atoms with Crippen molar-refractivity contribution in [3.8, 4) is 0 Å². The Bertz CT molecular complexity index is 179. The third-order valence-corrected chi connectivity index (χ3v) is 3.00. The number of hydrogen-bond donors (Lipinski definition) is 1. The summed E-state index contributed by atoms with van der Waals surface area (Å²) in [6.07, 6.45) is 3.19. The van der Waals surface area contributed by atoms with Gasteiger partial charge in [-0.3, -0.25) is 4.79 Å². The van der Waals surface area contributed by atoms with Gasteiger partial charge < -0.3 is 4.90 Å². The molecule has 0 aromatic rings. The number of carbonyl (C=O) groups excluding carboxylic acids is 1. The molecule has 2 fully saturated rings. The van der Waals surface area contributed by atoms with E-state index in [1.807, 2.05) is 4.90 Å². The van der Waals surface area contributed by atoms with E-state index < -0.39 is 0 Å². The summed E-state index contributed by atoms with van der Waals surface area (Å²) in [7, 11) is 0. The fourth-order valence-corrected chi connectivity index (χ4v) is 1.91. The van der Waals surface area contributed by atoms with Crippen LogP contribution >= 0.6 is 12.6 Å². The highest BCUT2D eigenvalue weighted by Crippen LogP contribution is 2.32. The monoisotopic (exact) mass is 171 g/mol. The number of likely N-dealkylation sites (tertiary alicyclic amines) is 1. The first kappa shape index (κ1) is 7.47. The molecule has 1 aliphatic carbocycles. The summed E-state index contributed by atoms with van der Waals surface area (Å²) in [4.78, 5) is 13.4. The molecule has 1 saturated carbocycles. The lowest BCUT2D eigenvalue weighted by atomic mass is 10.1. The molecule has 0 aromatic carbocycles. The minimum absolute atomic E-state index is 0.353. The van der Waals surface area contributed by atoms with Gasteiger partial charge in [0.2, 0.25) is 5.91 Å². The third kappa shape index (κ3) is 1.39. The Balaban J connectivity index is 1.96. The summed E-state index contributed by atoms with van der Waals surface area (Å²) >= 11 is 4.21. The van der Waals surface area contributed by atoms with Crippen LogP contribution < -0.4 is 0 Å². The van der Waals surface area contributed by atoms with E-state index in [0.717, 1.165) is 18.7 Å². The molecule has 3 heteroatoms. The molecule has 1 atom stereocenters. The highest BCUT2D eigenvalue weighted by molar-refractivity contribution is 7.80. The lowest BCUT2D eigenvalue weighted by Gasteiger charge is -2.14. The highest BCUT2D eigenvalue weighted by Gasteiger charge is 2.38. The molecule has 0 N–H and O–H groups in total. The Kier molecular flexibility index (Phi) is 1.83. The van der Waals surface area contributed by atoms with E-state index >= 15 is 0 Å². The molecule has 1 saturated heterocycles. The van der Waals surface area contributed by atoms with Gasteiger partial charge in [-0.2, -0.15) is 12.6 Å².